The van der Waals surface area contributed by atoms with Gasteiger partial charge in [0.1, 0.15) is 5.60 Å². The Hall–Kier alpha value is -0.440. The van der Waals surface area contributed by atoms with Crippen LogP contribution in [0.4, 0.5) is 0 Å². The first-order valence-corrected chi connectivity index (χ1v) is 4.50. The number of thiocarbonyl (C=S) groups is 1. The molecule has 0 heterocycles. The van der Waals surface area contributed by atoms with Crippen LogP contribution in [0.1, 0.15) is 34.1 Å². The second kappa shape index (κ2) is 4.55. The van der Waals surface area contributed by atoms with E-state index in [1.54, 1.807) is 5.37 Å². The minimum Gasteiger partial charge on any atom is -0.460 e. The maximum absolute atomic E-state index is 11.3. The van der Waals surface area contributed by atoms with Crippen molar-refractivity contribution in [2.24, 2.45) is 5.92 Å². The smallest absolute Gasteiger partial charge is 0.309 e. The average Bonchev–Trinajstić information content (AvgIpc) is 1.84. The molecule has 0 aliphatic carbocycles. The zero-order valence-electron chi connectivity index (χ0n) is 8.09. The van der Waals surface area contributed by atoms with E-state index in [2.05, 4.69) is 12.2 Å². The van der Waals surface area contributed by atoms with Gasteiger partial charge >= 0.3 is 5.97 Å². The Kier molecular flexibility index (Phi) is 4.39. The van der Waals surface area contributed by atoms with Crippen LogP contribution in [0.3, 0.4) is 0 Å². The summed E-state index contributed by atoms with van der Waals surface area (Å²) in [5, 5.41) is 1.56. The molecular formula is C9H16O2S. The highest BCUT2D eigenvalue weighted by Gasteiger charge is 2.20. The average molecular weight is 188 g/mol. The third kappa shape index (κ3) is 5.24. The van der Waals surface area contributed by atoms with Crippen molar-refractivity contribution < 1.29 is 9.53 Å². The first kappa shape index (κ1) is 11.6. The van der Waals surface area contributed by atoms with Crippen LogP contribution < -0.4 is 0 Å². The van der Waals surface area contributed by atoms with E-state index >= 15 is 0 Å². The summed E-state index contributed by atoms with van der Waals surface area (Å²) in [6.45, 7) is 7.38. The first-order chi connectivity index (χ1) is 5.37. The lowest BCUT2D eigenvalue weighted by atomic mass is 10.1. The number of hydrogen-bond donors (Lipinski definition) is 0. The number of esters is 1. The molecule has 70 valence electrons. The normalized spacial score (nSPS) is 13.7. The fourth-order valence-corrected chi connectivity index (χ4v) is 0.932. The van der Waals surface area contributed by atoms with Crippen molar-refractivity contribution in [1.29, 1.82) is 0 Å². The maximum Gasteiger partial charge on any atom is 0.309 e. The summed E-state index contributed by atoms with van der Waals surface area (Å²) >= 11 is 4.66. The Labute approximate surface area is 79.3 Å². The van der Waals surface area contributed by atoms with E-state index in [-0.39, 0.29) is 11.9 Å². The molecule has 0 saturated carbocycles. The van der Waals surface area contributed by atoms with Gasteiger partial charge < -0.3 is 4.74 Å². The third-order valence-electron chi connectivity index (χ3n) is 1.26. The van der Waals surface area contributed by atoms with Crippen LogP contribution in [0.2, 0.25) is 0 Å². The van der Waals surface area contributed by atoms with Crippen LogP contribution >= 0.6 is 12.2 Å². The van der Waals surface area contributed by atoms with E-state index in [4.69, 9.17) is 4.74 Å². The molecule has 0 fully saturated rings. The van der Waals surface area contributed by atoms with Gasteiger partial charge in [0.25, 0.3) is 0 Å². The summed E-state index contributed by atoms with van der Waals surface area (Å²) in [4.78, 5) is 11.3. The monoisotopic (exact) mass is 188 g/mol. The van der Waals surface area contributed by atoms with Crippen LogP contribution in [0.15, 0.2) is 0 Å². The lowest BCUT2D eigenvalue weighted by Gasteiger charge is -2.21. The van der Waals surface area contributed by atoms with Gasteiger partial charge in [-0.1, -0.05) is 19.1 Å². The van der Waals surface area contributed by atoms with Crippen LogP contribution in [-0.2, 0) is 9.53 Å². The van der Waals surface area contributed by atoms with Gasteiger partial charge in [-0.2, -0.15) is 0 Å². The van der Waals surface area contributed by atoms with E-state index < -0.39 is 5.60 Å². The van der Waals surface area contributed by atoms with Crippen molar-refractivity contribution in [2.45, 2.75) is 39.7 Å². The molecule has 0 spiro atoms. The molecule has 12 heavy (non-hydrogen) atoms. The van der Waals surface area contributed by atoms with Gasteiger partial charge in [0, 0.05) is 0 Å². The summed E-state index contributed by atoms with van der Waals surface area (Å²) in [5.41, 5.74) is -0.396. The topological polar surface area (TPSA) is 26.3 Å². The molecule has 0 rings (SSSR count). The molecule has 0 N–H and O–H groups in total. The predicted octanol–water partition coefficient (Wildman–Crippen LogP) is 2.35. The molecule has 0 aromatic carbocycles. The molecule has 0 aromatic heterocycles. The van der Waals surface area contributed by atoms with Crippen molar-refractivity contribution in [3.05, 3.63) is 0 Å². The summed E-state index contributed by atoms with van der Waals surface area (Å²) in [6, 6.07) is 0. The van der Waals surface area contributed by atoms with Crippen molar-refractivity contribution >= 4 is 23.6 Å². The Bertz CT molecular complexity index is 170. The highest BCUT2D eigenvalue weighted by atomic mass is 32.1. The van der Waals surface area contributed by atoms with Gasteiger partial charge in [0.2, 0.25) is 0 Å². The lowest BCUT2D eigenvalue weighted by Crippen LogP contribution is -2.27. The van der Waals surface area contributed by atoms with E-state index in [9.17, 15) is 4.79 Å². The van der Waals surface area contributed by atoms with Crippen LogP contribution in [-0.4, -0.2) is 16.9 Å². The molecule has 0 radical (unpaired) electrons. The predicted molar refractivity (Wildman–Crippen MR) is 53.3 cm³/mol. The molecule has 0 unspecified atom stereocenters. The summed E-state index contributed by atoms with van der Waals surface area (Å²) in [6.07, 6.45) is 0.601. The third-order valence-corrected chi connectivity index (χ3v) is 1.45. The van der Waals surface area contributed by atoms with Crippen molar-refractivity contribution in [2.75, 3.05) is 0 Å². The fraction of sp³-hybridized carbons (Fsp3) is 0.778. The van der Waals surface area contributed by atoms with Gasteiger partial charge in [0.05, 0.1) is 5.92 Å². The van der Waals surface area contributed by atoms with Crippen LogP contribution in [0, 0.1) is 5.92 Å². The minimum atomic E-state index is -0.396. The van der Waals surface area contributed by atoms with Gasteiger partial charge in [-0.25, -0.2) is 0 Å². The van der Waals surface area contributed by atoms with E-state index in [1.807, 2.05) is 27.7 Å². The second-order valence-corrected chi connectivity index (χ2v) is 4.17. The Morgan fingerprint density at radius 1 is 1.58 bits per heavy atom. The SMILES string of the molecule is C[C@@H](CC=S)C(=O)OC(C)(C)C. The number of rotatable bonds is 3. The Morgan fingerprint density at radius 3 is 2.42 bits per heavy atom. The first-order valence-electron chi connectivity index (χ1n) is 4.03. The molecule has 0 aliphatic heterocycles. The number of carbonyl (C=O) groups is 1. The minimum absolute atomic E-state index is 0.123. The van der Waals surface area contributed by atoms with Gasteiger partial charge in [0.15, 0.2) is 0 Å². The highest BCUT2D eigenvalue weighted by molar-refractivity contribution is 7.78. The quantitative estimate of drug-likeness (QED) is 0.502. The Balaban J connectivity index is 3.95. The summed E-state index contributed by atoms with van der Waals surface area (Å²) < 4.78 is 5.15. The summed E-state index contributed by atoms with van der Waals surface area (Å²) in [7, 11) is 0. The van der Waals surface area contributed by atoms with Gasteiger partial charge in [-0.15, -0.1) is 0 Å². The van der Waals surface area contributed by atoms with E-state index in [1.165, 1.54) is 0 Å². The standard InChI is InChI=1S/C9H16O2S/c1-7(5-6-12)8(10)11-9(2,3)4/h6-7H,5H2,1-4H3/t7-/m0/s1. The molecule has 0 amide bonds. The number of ether oxygens (including phenoxy) is 1. The molecule has 1 atom stereocenters. The molecule has 3 heteroatoms. The van der Waals surface area contributed by atoms with Crippen molar-refractivity contribution in [1.82, 2.24) is 0 Å². The Morgan fingerprint density at radius 2 is 2.08 bits per heavy atom. The van der Waals surface area contributed by atoms with Crippen molar-refractivity contribution in [3.8, 4) is 0 Å². The number of carbonyl (C=O) groups excluding carboxylic acids is 1. The van der Waals surface area contributed by atoms with Gasteiger partial charge in [-0.3, -0.25) is 4.79 Å². The zero-order valence-corrected chi connectivity index (χ0v) is 8.90. The number of hydrogen-bond acceptors (Lipinski definition) is 3. The van der Waals surface area contributed by atoms with Gasteiger partial charge in [-0.05, 0) is 32.6 Å². The van der Waals surface area contributed by atoms with Crippen LogP contribution in [0.25, 0.3) is 0 Å². The zero-order chi connectivity index (χ0) is 9.78. The molecule has 0 aliphatic rings. The van der Waals surface area contributed by atoms with Crippen LogP contribution in [0.5, 0.6) is 0 Å². The highest BCUT2D eigenvalue weighted by Crippen LogP contribution is 2.12. The fourth-order valence-electron chi connectivity index (χ4n) is 0.643. The largest absolute Gasteiger partial charge is 0.460 e. The molecular weight excluding hydrogens is 172 g/mol. The van der Waals surface area contributed by atoms with E-state index in [0.717, 1.165) is 0 Å². The van der Waals surface area contributed by atoms with Crippen molar-refractivity contribution in [3.63, 3.8) is 0 Å². The maximum atomic E-state index is 11.3. The van der Waals surface area contributed by atoms with E-state index in [0.29, 0.717) is 6.42 Å². The second-order valence-electron chi connectivity index (χ2n) is 3.84. The molecule has 0 aromatic rings. The summed E-state index contributed by atoms with van der Waals surface area (Å²) in [5.74, 6) is -0.301. The molecule has 0 saturated heterocycles. The molecule has 2 nitrogen and oxygen atoms in total. The molecule has 0 bridgehead atoms. The lowest BCUT2D eigenvalue weighted by molar-refractivity contribution is -0.159.